The minimum atomic E-state index is -0.250. The Morgan fingerprint density at radius 2 is 2.00 bits per heavy atom. The third-order valence-electron chi connectivity index (χ3n) is 4.69. The summed E-state index contributed by atoms with van der Waals surface area (Å²) in [7, 11) is 0. The molecule has 4 aromatic heterocycles. The van der Waals surface area contributed by atoms with E-state index in [2.05, 4.69) is 25.5 Å². The lowest BCUT2D eigenvalue weighted by Crippen LogP contribution is -2.27. The number of nitrogens with one attached hydrogen (secondary N) is 1. The van der Waals surface area contributed by atoms with Gasteiger partial charge in [0.25, 0.3) is 5.91 Å². The SMILES string of the molecule is Cc1cc(C)n2nc(C(=O)NC(C)c3cnn(-c4ccccn4)c3C)cc2n1. The van der Waals surface area contributed by atoms with Crippen LogP contribution in [-0.2, 0) is 0 Å². The number of hydrogen-bond donors (Lipinski definition) is 1. The highest BCUT2D eigenvalue weighted by atomic mass is 16.2. The average molecular weight is 375 g/mol. The fourth-order valence-corrected chi connectivity index (χ4v) is 3.30. The van der Waals surface area contributed by atoms with E-state index in [9.17, 15) is 4.79 Å². The largest absolute Gasteiger partial charge is 0.344 e. The molecule has 28 heavy (non-hydrogen) atoms. The minimum absolute atomic E-state index is 0.231. The van der Waals surface area contributed by atoms with Gasteiger partial charge < -0.3 is 5.32 Å². The molecule has 0 aliphatic heterocycles. The summed E-state index contributed by atoms with van der Waals surface area (Å²) >= 11 is 0. The second-order valence-electron chi connectivity index (χ2n) is 6.82. The van der Waals surface area contributed by atoms with Gasteiger partial charge in [-0.05, 0) is 45.9 Å². The number of aryl methyl sites for hydroxylation is 2. The molecule has 1 atom stereocenters. The molecule has 142 valence electrons. The zero-order valence-corrected chi connectivity index (χ0v) is 16.2. The van der Waals surface area contributed by atoms with Gasteiger partial charge in [-0.2, -0.15) is 10.2 Å². The molecule has 0 saturated heterocycles. The van der Waals surface area contributed by atoms with Crippen LogP contribution in [0.4, 0.5) is 0 Å². The predicted octanol–water partition coefficient (Wildman–Crippen LogP) is 2.73. The van der Waals surface area contributed by atoms with Crippen LogP contribution in [0, 0.1) is 20.8 Å². The van der Waals surface area contributed by atoms with Gasteiger partial charge in [0, 0.05) is 34.9 Å². The van der Waals surface area contributed by atoms with Crippen molar-refractivity contribution in [2.45, 2.75) is 33.7 Å². The summed E-state index contributed by atoms with van der Waals surface area (Å²) < 4.78 is 3.44. The summed E-state index contributed by atoms with van der Waals surface area (Å²) in [6.07, 6.45) is 3.48. The van der Waals surface area contributed by atoms with Gasteiger partial charge in [-0.3, -0.25) is 4.79 Å². The first-order valence-corrected chi connectivity index (χ1v) is 9.05. The van der Waals surface area contributed by atoms with E-state index in [1.807, 2.05) is 52.0 Å². The number of amides is 1. The standard InChI is InChI=1S/C20H21N7O/c1-12-9-13(2)26-19(23-12)10-17(25-26)20(28)24-14(3)16-11-22-27(15(16)4)18-7-5-6-8-21-18/h5-11,14H,1-4H3,(H,24,28). The van der Waals surface area contributed by atoms with E-state index >= 15 is 0 Å². The number of hydrogen-bond acceptors (Lipinski definition) is 5. The molecule has 4 rings (SSSR count). The van der Waals surface area contributed by atoms with Gasteiger partial charge in [0.05, 0.1) is 12.2 Å². The van der Waals surface area contributed by atoms with Gasteiger partial charge in [-0.25, -0.2) is 19.2 Å². The molecule has 0 bridgehead atoms. The normalized spacial score (nSPS) is 12.3. The fraction of sp³-hybridized carbons (Fsp3) is 0.250. The van der Waals surface area contributed by atoms with Crippen LogP contribution in [-0.4, -0.2) is 35.3 Å². The Bertz CT molecular complexity index is 1160. The van der Waals surface area contributed by atoms with Gasteiger partial charge in [0.1, 0.15) is 0 Å². The van der Waals surface area contributed by atoms with Crippen LogP contribution in [0.25, 0.3) is 11.5 Å². The third-order valence-corrected chi connectivity index (χ3v) is 4.69. The Balaban J connectivity index is 1.57. The summed E-state index contributed by atoms with van der Waals surface area (Å²) in [6, 6.07) is 9.06. The molecule has 4 aromatic rings. The van der Waals surface area contributed by atoms with Crippen LogP contribution in [0.3, 0.4) is 0 Å². The second-order valence-corrected chi connectivity index (χ2v) is 6.82. The molecule has 0 aromatic carbocycles. The van der Waals surface area contributed by atoms with E-state index in [1.165, 1.54) is 0 Å². The van der Waals surface area contributed by atoms with Gasteiger partial charge >= 0.3 is 0 Å². The smallest absolute Gasteiger partial charge is 0.272 e. The van der Waals surface area contributed by atoms with Gasteiger partial charge in [0.2, 0.25) is 0 Å². The zero-order chi connectivity index (χ0) is 19.8. The molecule has 0 fully saturated rings. The van der Waals surface area contributed by atoms with Gasteiger partial charge in [-0.15, -0.1) is 0 Å². The molecule has 1 N–H and O–H groups in total. The predicted molar refractivity (Wildman–Crippen MR) is 104 cm³/mol. The Morgan fingerprint density at radius 3 is 2.75 bits per heavy atom. The number of rotatable bonds is 4. The monoisotopic (exact) mass is 375 g/mol. The van der Waals surface area contributed by atoms with Crippen molar-refractivity contribution in [3.8, 4) is 5.82 Å². The Morgan fingerprint density at radius 1 is 1.18 bits per heavy atom. The van der Waals surface area contributed by atoms with Crippen LogP contribution in [0.2, 0.25) is 0 Å². The quantitative estimate of drug-likeness (QED) is 0.592. The Kier molecular flexibility index (Phi) is 4.38. The third kappa shape index (κ3) is 3.13. The maximum Gasteiger partial charge on any atom is 0.272 e. The molecular weight excluding hydrogens is 354 g/mol. The highest BCUT2D eigenvalue weighted by molar-refractivity contribution is 5.93. The minimum Gasteiger partial charge on any atom is -0.344 e. The number of carbonyl (C=O) groups excluding carboxylic acids is 1. The number of pyridine rings is 1. The highest BCUT2D eigenvalue weighted by Crippen LogP contribution is 2.20. The first-order chi connectivity index (χ1) is 13.4. The number of carbonyl (C=O) groups is 1. The molecule has 0 spiro atoms. The first-order valence-electron chi connectivity index (χ1n) is 9.05. The summed E-state index contributed by atoms with van der Waals surface area (Å²) in [4.78, 5) is 21.5. The summed E-state index contributed by atoms with van der Waals surface area (Å²) in [5.41, 5.74) is 4.67. The number of fused-ring (bicyclic) bond motifs is 1. The molecule has 0 saturated carbocycles. The van der Waals surface area contributed by atoms with Crippen LogP contribution in [0.5, 0.6) is 0 Å². The topological polar surface area (TPSA) is 90.0 Å². The van der Waals surface area contributed by atoms with Crippen molar-refractivity contribution in [1.29, 1.82) is 0 Å². The molecular formula is C20H21N7O. The zero-order valence-electron chi connectivity index (χ0n) is 16.2. The van der Waals surface area contributed by atoms with Crippen LogP contribution >= 0.6 is 0 Å². The van der Waals surface area contributed by atoms with Gasteiger partial charge in [0.15, 0.2) is 17.2 Å². The van der Waals surface area contributed by atoms with E-state index in [0.717, 1.165) is 28.5 Å². The fourth-order valence-electron chi connectivity index (χ4n) is 3.30. The molecule has 8 nitrogen and oxygen atoms in total. The van der Waals surface area contributed by atoms with E-state index in [0.29, 0.717) is 11.3 Å². The van der Waals surface area contributed by atoms with Crippen molar-refractivity contribution < 1.29 is 4.79 Å². The average Bonchev–Trinajstić information content (AvgIpc) is 3.26. The summed E-state index contributed by atoms with van der Waals surface area (Å²) in [5.74, 6) is 0.488. The summed E-state index contributed by atoms with van der Waals surface area (Å²) in [6.45, 7) is 7.74. The highest BCUT2D eigenvalue weighted by Gasteiger charge is 2.19. The molecule has 0 aliphatic rings. The Labute approximate surface area is 162 Å². The van der Waals surface area contributed by atoms with E-state index in [-0.39, 0.29) is 11.9 Å². The molecule has 0 radical (unpaired) electrons. The number of nitrogens with zero attached hydrogens (tertiary/aromatic N) is 6. The van der Waals surface area contributed by atoms with Crippen molar-refractivity contribution in [1.82, 2.24) is 34.7 Å². The lowest BCUT2D eigenvalue weighted by Gasteiger charge is -2.13. The molecule has 8 heteroatoms. The molecule has 1 amide bonds. The van der Waals surface area contributed by atoms with E-state index < -0.39 is 0 Å². The maximum absolute atomic E-state index is 12.7. The van der Waals surface area contributed by atoms with Crippen molar-refractivity contribution in [3.63, 3.8) is 0 Å². The lowest BCUT2D eigenvalue weighted by atomic mass is 10.1. The Hall–Kier alpha value is -3.55. The van der Waals surface area contributed by atoms with Crippen molar-refractivity contribution >= 4 is 11.6 Å². The molecule has 4 heterocycles. The van der Waals surface area contributed by atoms with Crippen LogP contribution in [0.15, 0.2) is 42.7 Å². The lowest BCUT2D eigenvalue weighted by molar-refractivity contribution is 0.0934. The van der Waals surface area contributed by atoms with E-state index in [4.69, 9.17) is 0 Å². The molecule has 1 unspecified atom stereocenters. The first kappa shape index (κ1) is 17.8. The molecule has 0 aliphatic carbocycles. The van der Waals surface area contributed by atoms with Crippen LogP contribution < -0.4 is 5.32 Å². The second kappa shape index (κ2) is 6.88. The summed E-state index contributed by atoms with van der Waals surface area (Å²) in [5, 5.41) is 11.8. The van der Waals surface area contributed by atoms with Crippen molar-refractivity contribution in [2.24, 2.45) is 0 Å². The number of aromatic nitrogens is 6. The van der Waals surface area contributed by atoms with Gasteiger partial charge in [-0.1, -0.05) is 6.07 Å². The van der Waals surface area contributed by atoms with Crippen molar-refractivity contribution in [3.05, 3.63) is 71.1 Å². The van der Waals surface area contributed by atoms with Crippen molar-refractivity contribution in [2.75, 3.05) is 0 Å². The van der Waals surface area contributed by atoms with Crippen LogP contribution in [0.1, 0.15) is 46.1 Å². The van der Waals surface area contributed by atoms with E-state index in [1.54, 1.807) is 27.7 Å². The maximum atomic E-state index is 12.7.